The first kappa shape index (κ1) is 25.3. The molecule has 2 atom stereocenters. The fraction of sp³-hybridized carbons (Fsp3) is 0.385. The largest absolute Gasteiger partial charge is 0.329 e. The molecule has 3 heterocycles. The molecule has 0 saturated carbocycles. The van der Waals surface area contributed by atoms with E-state index in [2.05, 4.69) is 10.6 Å². The van der Waals surface area contributed by atoms with E-state index in [0.29, 0.717) is 42.5 Å². The first-order valence-corrected chi connectivity index (χ1v) is 14.5. The smallest absolute Gasteiger partial charge is 0.325 e. The lowest BCUT2D eigenvalue weighted by molar-refractivity contribution is -0.125. The predicted molar refractivity (Wildman–Crippen MR) is 143 cm³/mol. The van der Waals surface area contributed by atoms with Crippen LogP contribution in [-0.2, 0) is 39.0 Å². The topological polar surface area (TPSA) is 143 Å². The van der Waals surface area contributed by atoms with Crippen LogP contribution in [0.2, 0.25) is 0 Å². The molecule has 3 aliphatic rings. The van der Waals surface area contributed by atoms with Gasteiger partial charge in [-0.05, 0) is 41.8 Å². The van der Waals surface area contributed by atoms with E-state index in [4.69, 9.17) is 0 Å². The van der Waals surface area contributed by atoms with E-state index < -0.39 is 27.5 Å². The van der Waals surface area contributed by atoms with Crippen molar-refractivity contribution in [3.63, 3.8) is 0 Å². The summed E-state index contributed by atoms with van der Waals surface area (Å²) in [6, 6.07) is 11.8. The average molecular weight is 553 g/mol. The molecule has 2 aromatic carbocycles. The number of fused-ring (bicyclic) bond motifs is 2. The Balaban J connectivity index is 1.23. The van der Waals surface area contributed by atoms with Crippen LogP contribution in [0.3, 0.4) is 0 Å². The van der Waals surface area contributed by atoms with Crippen LogP contribution in [0.1, 0.15) is 23.6 Å². The molecule has 1 aromatic heterocycles. The number of rotatable bonds is 5. The van der Waals surface area contributed by atoms with Crippen molar-refractivity contribution in [1.82, 2.24) is 23.7 Å². The van der Waals surface area contributed by atoms with Crippen LogP contribution in [0.25, 0.3) is 11.0 Å². The molecule has 0 bridgehead atoms. The number of imidazole rings is 1. The Morgan fingerprint density at radius 3 is 2.46 bits per heavy atom. The second-order valence-corrected chi connectivity index (χ2v) is 12.5. The van der Waals surface area contributed by atoms with Crippen LogP contribution in [0.4, 0.5) is 10.5 Å². The SMILES string of the molecule is CN1C(=O)NC(=O)C12Cc1ccc(NC(=O)Cn3c(=O)n(C4CCN(S(C)(=O)=O)C4)c4ccccc43)cc1C2. The number of benzene rings is 2. The lowest BCUT2D eigenvalue weighted by Crippen LogP contribution is -2.48. The minimum absolute atomic E-state index is 0.203. The number of nitrogens with zero attached hydrogens (tertiary/aromatic N) is 4. The van der Waals surface area contributed by atoms with E-state index in [1.165, 1.54) is 13.8 Å². The Kier molecular flexibility index (Phi) is 5.70. The number of hydrogen-bond donors (Lipinski definition) is 2. The van der Waals surface area contributed by atoms with Gasteiger partial charge in [-0.3, -0.25) is 24.0 Å². The monoisotopic (exact) mass is 552 g/mol. The number of amides is 4. The molecule has 1 aliphatic carbocycles. The molecule has 12 nitrogen and oxygen atoms in total. The highest BCUT2D eigenvalue weighted by Crippen LogP contribution is 2.38. The summed E-state index contributed by atoms with van der Waals surface area (Å²) in [6.45, 7) is 0.311. The second kappa shape index (κ2) is 8.78. The van der Waals surface area contributed by atoms with E-state index in [9.17, 15) is 27.6 Å². The number of hydrogen-bond acceptors (Lipinski definition) is 6. The van der Waals surface area contributed by atoms with E-state index in [-0.39, 0.29) is 30.7 Å². The Morgan fingerprint density at radius 2 is 1.79 bits per heavy atom. The molecule has 2 saturated heterocycles. The summed E-state index contributed by atoms with van der Waals surface area (Å²) < 4.78 is 28.4. The molecule has 2 unspecified atom stereocenters. The molecular weight excluding hydrogens is 524 g/mol. The van der Waals surface area contributed by atoms with Gasteiger partial charge >= 0.3 is 11.7 Å². The van der Waals surface area contributed by atoms with Gasteiger partial charge in [0, 0.05) is 38.7 Å². The van der Waals surface area contributed by atoms with Gasteiger partial charge in [-0.1, -0.05) is 18.2 Å². The van der Waals surface area contributed by atoms with Gasteiger partial charge in [0.25, 0.3) is 5.91 Å². The molecule has 1 spiro atoms. The number of aromatic nitrogens is 2. The maximum absolute atomic E-state index is 13.5. The number of sulfonamides is 1. The molecule has 39 heavy (non-hydrogen) atoms. The Bertz CT molecular complexity index is 1730. The van der Waals surface area contributed by atoms with E-state index in [1.54, 1.807) is 48.0 Å². The van der Waals surface area contributed by atoms with Crippen molar-refractivity contribution in [3.8, 4) is 0 Å². The third kappa shape index (κ3) is 4.03. The molecule has 0 radical (unpaired) electrons. The van der Waals surface area contributed by atoms with Gasteiger partial charge in [-0.15, -0.1) is 0 Å². The van der Waals surface area contributed by atoms with Crippen molar-refractivity contribution in [3.05, 3.63) is 64.1 Å². The third-order valence-electron chi connectivity index (χ3n) is 8.18. The summed E-state index contributed by atoms with van der Waals surface area (Å²) in [5.41, 5.74) is 2.24. The number of imide groups is 1. The van der Waals surface area contributed by atoms with Gasteiger partial charge < -0.3 is 10.2 Å². The molecule has 13 heteroatoms. The Labute approximate surface area is 224 Å². The van der Waals surface area contributed by atoms with E-state index >= 15 is 0 Å². The van der Waals surface area contributed by atoms with E-state index in [0.717, 1.165) is 17.4 Å². The summed E-state index contributed by atoms with van der Waals surface area (Å²) >= 11 is 0. The fourth-order valence-electron chi connectivity index (χ4n) is 6.08. The maximum atomic E-state index is 13.5. The van der Waals surface area contributed by atoms with Crippen molar-refractivity contribution in [1.29, 1.82) is 0 Å². The van der Waals surface area contributed by atoms with E-state index in [1.807, 2.05) is 6.07 Å². The number of anilines is 1. The van der Waals surface area contributed by atoms with Crippen molar-refractivity contribution >= 4 is 44.6 Å². The lowest BCUT2D eigenvalue weighted by Gasteiger charge is -2.27. The molecule has 2 N–H and O–H groups in total. The third-order valence-corrected chi connectivity index (χ3v) is 9.45. The van der Waals surface area contributed by atoms with Crippen LogP contribution in [0.5, 0.6) is 0 Å². The second-order valence-electron chi connectivity index (χ2n) is 10.5. The molecule has 3 aromatic rings. The minimum Gasteiger partial charge on any atom is -0.325 e. The quantitative estimate of drug-likeness (QED) is 0.446. The van der Waals surface area contributed by atoms with Crippen molar-refractivity contribution in [2.45, 2.75) is 37.4 Å². The number of carbonyl (C=O) groups excluding carboxylic acids is 3. The summed E-state index contributed by atoms with van der Waals surface area (Å²) in [6.07, 6.45) is 2.41. The first-order chi connectivity index (χ1) is 18.5. The van der Waals surface area contributed by atoms with Crippen LogP contribution in [0, 0.1) is 0 Å². The van der Waals surface area contributed by atoms with Crippen LogP contribution in [-0.4, -0.2) is 76.5 Å². The van der Waals surface area contributed by atoms with Crippen LogP contribution in [0.15, 0.2) is 47.3 Å². The number of nitrogens with one attached hydrogen (secondary N) is 2. The standard InChI is InChI=1S/C26H28N6O6S/c1-29-24(35)28-23(34)26(29)12-16-7-8-18(11-17(16)13-26)27-22(33)15-31-20-5-3-4-6-21(20)32(25(31)36)19-9-10-30(14-19)39(2,37)38/h3-8,11,19H,9-10,12-15H2,1-2H3,(H,27,33)(H,28,34,35). The first-order valence-electron chi connectivity index (χ1n) is 12.6. The molecule has 6 rings (SSSR count). The average Bonchev–Trinajstić information content (AvgIpc) is 3.62. The fourth-order valence-corrected chi connectivity index (χ4v) is 6.96. The van der Waals surface area contributed by atoms with Gasteiger partial charge in [0.05, 0.1) is 23.3 Å². The summed E-state index contributed by atoms with van der Waals surface area (Å²) in [5, 5.41) is 5.22. The normalized spacial score (nSPS) is 23.1. The number of para-hydroxylation sites is 2. The number of carbonyl (C=O) groups is 3. The van der Waals surface area contributed by atoms with Gasteiger partial charge in [-0.2, -0.15) is 0 Å². The zero-order chi connectivity index (χ0) is 27.7. The highest BCUT2D eigenvalue weighted by Gasteiger charge is 2.54. The summed E-state index contributed by atoms with van der Waals surface area (Å²) in [5.74, 6) is -0.725. The maximum Gasteiger partial charge on any atom is 0.329 e. The van der Waals surface area contributed by atoms with Gasteiger partial charge in [0.1, 0.15) is 12.1 Å². The molecule has 2 fully saturated rings. The van der Waals surface area contributed by atoms with Crippen LogP contribution >= 0.6 is 0 Å². The van der Waals surface area contributed by atoms with Crippen molar-refractivity contribution in [2.75, 3.05) is 31.7 Å². The Hall–Kier alpha value is -3.97. The van der Waals surface area contributed by atoms with Gasteiger partial charge in [0.2, 0.25) is 15.9 Å². The molecule has 2 aliphatic heterocycles. The van der Waals surface area contributed by atoms with Crippen LogP contribution < -0.4 is 16.3 Å². The van der Waals surface area contributed by atoms with Gasteiger partial charge in [-0.25, -0.2) is 22.3 Å². The molecular formula is C26H28N6O6S. The zero-order valence-corrected chi connectivity index (χ0v) is 22.3. The molecule has 204 valence electrons. The minimum atomic E-state index is -3.37. The highest BCUT2D eigenvalue weighted by molar-refractivity contribution is 7.88. The predicted octanol–water partition coefficient (Wildman–Crippen LogP) is 0.667. The lowest BCUT2D eigenvalue weighted by atomic mass is 9.95. The summed E-state index contributed by atoms with van der Waals surface area (Å²) in [4.78, 5) is 52.6. The zero-order valence-electron chi connectivity index (χ0n) is 21.5. The number of likely N-dealkylation sites (N-methyl/N-ethyl adjacent to an activating group) is 1. The summed E-state index contributed by atoms with van der Waals surface area (Å²) in [7, 11) is -1.77. The van der Waals surface area contributed by atoms with Gasteiger partial charge in [0.15, 0.2) is 0 Å². The van der Waals surface area contributed by atoms with Crippen molar-refractivity contribution < 1.29 is 22.8 Å². The highest BCUT2D eigenvalue weighted by atomic mass is 32.2. The number of urea groups is 1. The van der Waals surface area contributed by atoms with Crippen molar-refractivity contribution in [2.24, 2.45) is 0 Å². The molecule has 4 amide bonds. The Morgan fingerprint density at radius 1 is 1.08 bits per heavy atom.